The quantitative estimate of drug-likeness (QED) is 0.0242. The Morgan fingerprint density at radius 1 is 0.561 bits per heavy atom. The molecule has 14 heteroatoms. The van der Waals surface area contributed by atoms with Crippen LogP contribution in [0.5, 0.6) is 0 Å². The molecule has 0 aromatic carbocycles. The van der Waals surface area contributed by atoms with Gasteiger partial charge >= 0.3 is 0 Å². The third kappa shape index (κ3) is 25.2. The molecule has 2 saturated heterocycles. The van der Waals surface area contributed by atoms with Crippen molar-refractivity contribution >= 4 is 5.91 Å². The van der Waals surface area contributed by atoms with E-state index in [0.29, 0.717) is 12.8 Å². The molecule has 12 atom stereocenters. The van der Waals surface area contributed by atoms with Crippen LogP contribution >= 0.6 is 0 Å². The molecule has 0 radical (unpaired) electrons. The normalized spacial score (nSPS) is 27.4. The lowest BCUT2D eigenvalue weighted by atomic mass is 9.97. The predicted octanol–water partition coefficient (Wildman–Crippen LogP) is 6.43. The average Bonchev–Trinajstić information content (AvgIpc) is 3.31. The molecule has 0 spiro atoms. The Hall–Kier alpha value is -2.57. The van der Waals surface area contributed by atoms with Crippen molar-refractivity contribution in [2.45, 2.75) is 229 Å². The summed E-state index contributed by atoms with van der Waals surface area (Å²) in [6.07, 6.45) is 30.6. The van der Waals surface area contributed by atoms with Crippen LogP contribution in [-0.4, -0.2) is 140 Å². The van der Waals surface area contributed by atoms with Gasteiger partial charge in [-0.05, 0) is 51.4 Å². The first-order valence-corrected chi connectivity index (χ1v) is 25.2. The molecule has 380 valence electrons. The summed E-state index contributed by atoms with van der Waals surface area (Å²) in [5.74, 6) is -0.293. The van der Waals surface area contributed by atoms with E-state index < -0.39 is 86.8 Å². The molecule has 9 N–H and O–H groups in total. The standard InChI is InChI=1S/C52H89NO13/c1-3-5-7-9-11-13-15-17-18-19-20-21-22-24-26-28-30-32-34-36-44(57)53-40(41(56)35-33-31-29-27-25-23-16-14-12-10-8-6-4-2)39-63-51-49(62)47(60)50(43(38-55)65-51)66-52-48(61)46(59)45(58)42(37-54)64-52/h5,7,11,13,17-18,20-21,24,26,30,32,40-43,45-52,54-56,58-62H,3-4,6,8-10,12,14-16,19,22-23,25,27-29,31,33-39H2,1-2H3,(H,53,57)/b7-5-,13-11-,18-17-,21-20-,26-24-,32-30-. The molecule has 0 aliphatic carbocycles. The number of unbranched alkanes of at least 4 members (excludes halogenated alkanes) is 12. The van der Waals surface area contributed by atoms with Gasteiger partial charge in [-0.3, -0.25) is 4.79 Å². The minimum atomic E-state index is -1.79. The molecule has 0 saturated carbocycles. The highest BCUT2D eigenvalue weighted by Gasteiger charge is 2.51. The van der Waals surface area contributed by atoms with E-state index in [4.69, 9.17) is 18.9 Å². The second-order valence-corrected chi connectivity index (χ2v) is 17.6. The molecule has 2 aliphatic heterocycles. The Labute approximate surface area is 396 Å². The van der Waals surface area contributed by atoms with Gasteiger partial charge in [0.05, 0.1) is 32.0 Å². The summed E-state index contributed by atoms with van der Waals surface area (Å²) in [7, 11) is 0. The van der Waals surface area contributed by atoms with Crippen molar-refractivity contribution in [1.82, 2.24) is 5.32 Å². The lowest BCUT2D eigenvalue weighted by Gasteiger charge is -2.46. The molecular formula is C52H89NO13. The lowest BCUT2D eigenvalue weighted by Crippen LogP contribution is -2.65. The maximum atomic E-state index is 13.1. The van der Waals surface area contributed by atoms with E-state index in [1.54, 1.807) is 0 Å². The number of allylic oxidation sites excluding steroid dienone is 12. The molecular weight excluding hydrogens is 847 g/mol. The van der Waals surface area contributed by atoms with Crippen molar-refractivity contribution in [1.29, 1.82) is 0 Å². The molecule has 2 fully saturated rings. The van der Waals surface area contributed by atoms with E-state index in [1.807, 2.05) is 12.2 Å². The van der Waals surface area contributed by atoms with Crippen LogP contribution < -0.4 is 5.32 Å². The minimum Gasteiger partial charge on any atom is -0.394 e. The summed E-state index contributed by atoms with van der Waals surface area (Å²) < 4.78 is 22.7. The number of hydrogen-bond donors (Lipinski definition) is 9. The number of amides is 1. The second kappa shape index (κ2) is 38.3. The Morgan fingerprint density at radius 2 is 1.02 bits per heavy atom. The van der Waals surface area contributed by atoms with Crippen LogP contribution in [0.15, 0.2) is 72.9 Å². The largest absolute Gasteiger partial charge is 0.394 e. The van der Waals surface area contributed by atoms with Gasteiger partial charge < -0.3 is 65.1 Å². The van der Waals surface area contributed by atoms with Gasteiger partial charge in [-0.2, -0.15) is 0 Å². The van der Waals surface area contributed by atoms with Crippen molar-refractivity contribution in [3.05, 3.63) is 72.9 Å². The van der Waals surface area contributed by atoms with Crippen molar-refractivity contribution < 1.29 is 64.6 Å². The fourth-order valence-corrected chi connectivity index (χ4v) is 7.85. The Balaban J connectivity index is 1.88. The Kier molecular flexibility index (Phi) is 34.6. The predicted molar refractivity (Wildman–Crippen MR) is 258 cm³/mol. The molecule has 14 nitrogen and oxygen atoms in total. The van der Waals surface area contributed by atoms with Gasteiger partial charge in [-0.15, -0.1) is 0 Å². The molecule has 1 amide bonds. The summed E-state index contributed by atoms with van der Waals surface area (Å²) >= 11 is 0. The van der Waals surface area contributed by atoms with E-state index in [2.05, 4.69) is 79.9 Å². The number of rotatable bonds is 37. The van der Waals surface area contributed by atoms with Crippen LogP contribution in [0.1, 0.15) is 155 Å². The number of aliphatic hydroxyl groups excluding tert-OH is 8. The zero-order valence-electron chi connectivity index (χ0n) is 40.2. The third-order valence-electron chi connectivity index (χ3n) is 11.9. The number of carbonyl (C=O) groups is 1. The van der Waals surface area contributed by atoms with Crippen LogP contribution in [-0.2, 0) is 23.7 Å². The average molecular weight is 936 g/mol. The smallest absolute Gasteiger partial charge is 0.220 e. The maximum absolute atomic E-state index is 13.1. The van der Waals surface area contributed by atoms with E-state index in [9.17, 15) is 45.6 Å². The molecule has 0 aromatic rings. The van der Waals surface area contributed by atoms with Crippen LogP contribution in [0.4, 0.5) is 0 Å². The van der Waals surface area contributed by atoms with Crippen molar-refractivity contribution in [2.75, 3.05) is 19.8 Å². The van der Waals surface area contributed by atoms with Gasteiger partial charge in [-0.1, -0.05) is 170 Å². The van der Waals surface area contributed by atoms with E-state index in [-0.39, 0.29) is 18.9 Å². The van der Waals surface area contributed by atoms with Crippen LogP contribution in [0.25, 0.3) is 0 Å². The maximum Gasteiger partial charge on any atom is 0.220 e. The van der Waals surface area contributed by atoms with Gasteiger partial charge in [0, 0.05) is 6.42 Å². The first kappa shape index (κ1) is 59.6. The Bertz CT molecular complexity index is 1380. The fraction of sp³-hybridized carbons (Fsp3) is 0.750. The fourth-order valence-electron chi connectivity index (χ4n) is 7.85. The molecule has 2 heterocycles. The summed E-state index contributed by atoms with van der Waals surface area (Å²) in [6.45, 7) is 2.66. The van der Waals surface area contributed by atoms with Gasteiger partial charge in [0.15, 0.2) is 12.6 Å². The van der Waals surface area contributed by atoms with Crippen LogP contribution in [0, 0.1) is 0 Å². The first-order chi connectivity index (χ1) is 32.1. The number of hydrogen-bond acceptors (Lipinski definition) is 13. The number of nitrogens with one attached hydrogen (secondary N) is 1. The van der Waals surface area contributed by atoms with Crippen LogP contribution in [0.2, 0.25) is 0 Å². The summed E-state index contributed by atoms with van der Waals surface area (Å²) in [4.78, 5) is 13.1. The molecule has 2 rings (SSSR count). The number of ether oxygens (including phenoxy) is 4. The van der Waals surface area contributed by atoms with Gasteiger partial charge in [-0.25, -0.2) is 0 Å². The van der Waals surface area contributed by atoms with Crippen LogP contribution in [0.3, 0.4) is 0 Å². The zero-order chi connectivity index (χ0) is 48.2. The van der Waals surface area contributed by atoms with E-state index in [0.717, 1.165) is 64.2 Å². The van der Waals surface area contributed by atoms with E-state index in [1.165, 1.54) is 57.8 Å². The Morgan fingerprint density at radius 3 is 1.52 bits per heavy atom. The molecule has 66 heavy (non-hydrogen) atoms. The highest BCUT2D eigenvalue weighted by Crippen LogP contribution is 2.30. The summed E-state index contributed by atoms with van der Waals surface area (Å²) in [5, 5.41) is 86.8. The van der Waals surface area contributed by atoms with Gasteiger partial charge in [0.1, 0.15) is 48.8 Å². The van der Waals surface area contributed by atoms with E-state index >= 15 is 0 Å². The monoisotopic (exact) mass is 936 g/mol. The highest BCUT2D eigenvalue weighted by atomic mass is 16.7. The topological polar surface area (TPSA) is 228 Å². The van der Waals surface area contributed by atoms with Crippen molar-refractivity contribution in [3.63, 3.8) is 0 Å². The zero-order valence-corrected chi connectivity index (χ0v) is 40.2. The van der Waals surface area contributed by atoms with Crippen molar-refractivity contribution in [2.24, 2.45) is 0 Å². The van der Waals surface area contributed by atoms with Crippen molar-refractivity contribution in [3.8, 4) is 0 Å². The van der Waals surface area contributed by atoms with Gasteiger partial charge in [0.2, 0.25) is 5.91 Å². The summed E-state index contributed by atoms with van der Waals surface area (Å²) in [6, 6.07) is -0.872. The summed E-state index contributed by atoms with van der Waals surface area (Å²) in [5.41, 5.74) is 0. The molecule has 0 bridgehead atoms. The first-order valence-electron chi connectivity index (χ1n) is 25.2. The minimum absolute atomic E-state index is 0.176. The third-order valence-corrected chi connectivity index (χ3v) is 11.9. The second-order valence-electron chi connectivity index (χ2n) is 17.6. The van der Waals surface area contributed by atoms with Gasteiger partial charge in [0.25, 0.3) is 0 Å². The number of aliphatic hydroxyl groups is 8. The SMILES string of the molecule is CC/C=C\C/C=C\C/C=C\C/C=C\C/C=C\C/C=C\CCC(=O)NC(COC1OC(CO)C(OC2OC(CO)C(O)C(O)C2O)C(O)C1O)C(O)CCCCCCCCCCCCCCC. The lowest BCUT2D eigenvalue weighted by molar-refractivity contribution is -0.359. The number of carbonyl (C=O) groups excluding carboxylic acids is 1. The molecule has 12 unspecified atom stereocenters. The highest BCUT2D eigenvalue weighted by molar-refractivity contribution is 5.76. The molecule has 2 aliphatic rings. The molecule has 0 aromatic heterocycles.